The number of H-pyrrole nitrogens is 1. The van der Waals surface area contributed by atoms with Crippen LogP contribution in [0.3, 0.4) is 0 Å². The van der Waals surface area contributed by atoms with Gasteiger partial charge in [-0.1, -0.05) is 11.2 Å². The molecule has 4 rings (SSSR count). The number of nitrogens with one attached hydrogen (secondary N) is 1. The molecule has 4 aromatic rings. The molecule has 0 spiro atoms. The fourth-order valence-electron chi connectivity index (χ4n) is 2.74. The van der Waals surface area contributed by atoms with E-state index >= 15 is 0 Å². The predicted octanol–water partition coefficient (Wildman–Crippen LogP) is 4.61. The number of halogens is 3. The maximum Gasteiger partial charge on any atom is 0.433 e. The Morgan fingerprint density at radius 3 is 2.64 bits per heavy atom. The standard InChI is InChI=1S/C17H11F3N4O/c1-9-6-15(25-24-9)11-4-5-21-14-3-2-10(7-12(11)14)13-8-22-23-16(13)17(18,19)20/h2-8H,1H3,(H,22,23). The molecule has 5 nitrogen and oxygen atoms in total. The van der Waals surface area contributed by atoms with E-state index in [1.807, 2.05) is 5.10 Å². The molecule has 25 heavy (non-hydrogen) atoms. The normalized spacial score (nSPS) is 12.0. The number of nitrogens with zero attached hydrogens (tertiary/aromatic N) is 3. The molecule has 1 N–H and O–H groups in total. The Morgan fingerprint density at radius 2 is 1.92 bits per heavy atom. The van der Waals surface area contributed by atoms with Crippen LogP contribution in [0.2, 0.25) is 0 Å². The van der Waals surface area contributed by atoms with Crippen molar-refractivity contribution in [1.29, 1.82) is 0 Å². The third kappa shape index (κ3) is 2.65. The second-order valence-electron chi connectivity index (χ2n) is 5.58. The largest absolute Gasteiger partial charge is 0.433 e. The summed E-state index contributed by atoms with van der Waals surface area (Å²) in [7, 11) is 0. The first-order valence-electron chi connectivity index (χ1n) is 7.37. The van der Waals surface area contributed by atoms with Crippen molar-refractivity contribution in [3.63, 3.8) is 0 Å². The maximum absolute atomic E-state index is 13.1. The average molecular weight is 344 g/mol. The number of fused-ring (bicyclic) bond motifs is 1. The summed E-state index contributed by atoms with van der Waals surface area (Å²) in [5, 5.41) is 10.1. The topological polar surface area (TPSA) is 67.6 Å². The van der Waals surface area contributed by atoms with Crippen molar-refractivity contribution in [3.05, 3.63) is 54.1 Å². The van der Waals surface area contributed by atoms with E-state index in [0.29, 0.717) is 33.5 Å². The summed E-state index contributed by atoms with van der Waals surface area (Å²) >= 11 is 0. The molecule has 0 atom stereocenters. The summed E-state index contributed by atoms with van der Waals surface area (Å²) in [6.45, 7) is 1.79. The number of alkyl halides is 3. The van der Waals surface area contributed by atoms with Gasteiger partial charge in [0, 0.05) is 28.8 Å². The van der Waals surface area contributed by atoms with Gasteiger partial charge >= 0.3 is 6.18 Å². The Labute approximate surface area is 139 Å². The molecule has 0 saturated heterocycles. The van der Waals surface area contributed by atoms with Crippen molar-refractivity contribution < 1.29 is 17.7 Å². The molecule has 8 heteroatoms. The highest BCUT2D eigenvalue weighted by atomic mass is 19.4. The van der Waals surface area contributed by atoms with Gasteiger partial charge < -0.3 is 4.52 Å². The van der Waals surface area contributed by atoms with Crippen molar-refractivity contribution in [1.82, 2.24) is 20.3 Å². The Kier molecular flexibility index (Phi) is 3.34. The van der Waals surface area contributed by atoms with E-state index in [1.165, 1.54) is 6.20 Å². The Morgan fingerprint density at radius 1 is 1.08 bits per heavy atom. The lowest BCUT2D eigenvalue weighted by molar-refractivity contribution is -0.140. The molecule has 0 amide bonds. The van der Waals surface area contributed by atoms with Crippen LogP contribution in [0.5, 0.6) is 0 Å². The highest BCUT2D eigenvalue weighted by molar-refractivity contribution is 5.95. The third-order valence-electron chi connectivity index (χ3n) is 3.87. The predicted molar refractivity (Wildman–Crippen MR) is 84.6 cm³/mol. The van der Waals surface area contributed by atoms with E-state index in [1.54, 1.807) is 43.5 Å². The second kappa shape index (κ2) is 5.44. The lowest BCUT2D eigenvalue weighted by Gasteiger charge is -2.09. The summed E-state index contributed by atoms with van der Waals surface area (Å²) in [4.78, 5) is 4.26. The summed E-state index contributed by atoms with van der Waals surface area (Å²) < 4.78 is 44.7. The van der Waals surface area contributed by atoms with Gasteiger partial charge in [0.15, 0.2) is 5.76 Å². The van der Waals surface area contributed by atoms with Crippen LogP contribution < -0.4 is 0 Å². The quantitative estimate of drug-likeness (QED) is 0.577. The lowest BCUT2D eigenvalue weighted by Crippen LogP contribution is -2.07. The number of hydrogen-bond donors (Lipinski definition) is 1. The van der Waals surface area contributed by atoms with Crippen molar-refractivity contribution in [2.75, 3.05) is 0 Å². The van der Waals surface area contributed by atoms with Crippen molar-refractivity contribution in [2.24, 2.45) is 0 Å². The number of hydrogen-bond acceptors (Lipinski definition) is 4. The monoisotopic (exact) mass is 344 g/mol. The molecule has 0 radical (unpaired) electrons. The van der Waals surface area contributed by atoms with Crippen LogP contribution in [0.1, 0.15) is 11.4 Å². The molecule has 0 aliphatic carbocycles. The molecule has 126 valence electrons. The molecule has 0 fully saturated rings. The molecule has 0 saturated carbocycles. The summed E-state index contributed by atoms with van der Waals surface area (Å²) in [6.07, 6.45) is -1.73. The summed E-state index contributed by atoms with van der Waals surface area (Å²) in [6, 6.07) is 8.41. The third-order valence-corrected chi connectivity index (χ3v) is 3.87. The van der Waals surface area contributed by atoms with Crippen molar-refractivity contribution in [2.45, 2.75) is 13.1 Å². The first kappa shape index (κ1) is 15.4. The fraction of sp³-hybridized carbons (Fsp3) is 0.118. The number of aromatic amines is 1. The van der Waals surface area contributed by atoms with E-state index < -0.39 is 11.9 Å². The van der Waals surface area contributed by atoms with Gasteiger partial charge in [0.2, 0.25) is 0 Å². The first-order valence-corrected chi connectivity index (χ1v) is 7.37. The number of aryl methyl sites for hydroxylation is 1. The summed E-state index contributed by atoms with van der Waals surface area (Å²) in [5.74, 6) is 0.533. The van der Waals surface area contributed by atoms with Crippen LogP contribution in [0.4, 0.5) is 13.2 Å². The molecular weight excluding hydrogens is 333 g/mol. The zero-order valence-corrected chi connectivity index (χ0v) is 12.9. The van der Waals surface area contributed by atoms with Crippen molar-refractivity contribution in [3.8, 4) is 22.5 Å². The Balaban J connectivity index is 1.93. The van der Waals surface area contributed by atoms with Crippen LogP contribution in [-0.2, 0) is 6.18 Å². The van der Waals surface area contributed by atoms with E-state index in [9.17, 15) is 13.2 Å². The van der Waals surface area contributed by atoms with Gasteiger partial charge in [0.25, 0.3) is 0 Å². The van der Waals surface area contributed by atoms with Gasteiger partial charge in [-0.2, -0.15) is 18.3 Å². The van der Waals surface area contributed by atoms with E-state index in [4.69, 9.17) is 4.52 Å². The fourth-order valence-corrected chi connectivity index (χ4v) is 2.74. The number of rotatable bonds is 2. The lowest BCUT2D eigenvalue weighted by atomic mass is 10.00. The second-order valence-corrected chi connectivity index (χ2v) is 5.58. The minimum atomic E-state index is -4.51. The molecule has 3 aromatic heterocycles. The highest BCUT2D eigenvalue weighted by Gasteiger charge is 2.35. The Hall–Kier alpha value is -3.16. The van der Waals surface area contributed by atoms with Gasteiger partial charge in [-0.25, -0.2) is 0 Å². The van der Waals surface area contributed by atoms with E-state index in [-0.39, 0.29) is 5.56 Å². The molecule has 0 aliphatic rings. The minimum absolute atomic E-state index is 0.0158. The Bertz CT molecular complexity index is 1070. The maximum atomic E-state index is 13.1. The first-order chi connectivity index (χ1) is 11.9. The van der Waals surface area contributed by atoms with E-state index in [0.717, 1.165) is 0 Å². The van der Waals surface area contributed by atoms with Crippen molar-refractivity contribution >= 4 is 10.9 Å². The van der Waals surface area contributed by atoms with Crippen LogP contribution in [0, 0.1) is 6.92 Å². The SMILES string of the molecule is Cc1cc(-c2ccnc3ccc(-c4cn[nH]c4C(F)(F)F)cc23)on1. The smallest absolute Gasteiger partial charge is 0.356 e. The number of pyridine rings is 1. The highest BCUT2D eigenvalue weighted by Crippen LogP contribution is 2.37. The van der Waals surface area contributed by atoms with Crippen LogP contribution in [-0.4, -0.2) is 20.3 Å². The van der Waals surface area contributed by atoms with Crippen LogP contribution in [0.25, 0.3) is 33.4 Å². The van der Waals surface area contributed by atoms with Gasteiger partial charge in [-0.15, -0.1) is 0 Å². The molecule has 3 heterocycles. The van der Waals surface area contributed by atoms with E-state index in [2.05, 4.69) is 15.2 Å². The molecule has 1 aromatic carbocycles. The van der Waals surface area contributed by atoms with Gasteiger partial charge in [0.1, 0.15) is 5.69 Å². The zero-order valence-electron chi connectivity index (χ0n) is 12.9. The van der Waals surface area contributed by atoms with Gasteiger partial charge in [0.05, 0.1) is 17.4 Å². The number of aromatic nitrogens is 4. The molecule has 0 bridgehead atoms. The molecular formula is C17H11F3N4O. The zero-order chi connectivity index (χ0) is 17.6. The number of benzene rings is 1. The molecule has 0 unspecified atom stereocenters. The summed E-state index contributed by atoms with van der Waals surface area (Å²) in [5.41, 5.74) is 1.56. The van der Waals surface area contributed by atoms with Gasteiger partial charge in [-0.05, 0) is 30.7 Å². The van der Waals surface area contributed by atoms with Crippen LogP contribution >= 0.6 is 0 Å². The minimum Gasteiger partial charge on any atom is -0.356 e. The van der Waals surface area contributed by atoms with Crippen LogP contribution in [0.15, 0.2) is 47.2 Å². The van der Waals surface area contributed by atoms with Gasteiger partial charge in [-0.3, -0.25) is 10.1 Å². The average Bonchev–Trinajstić information content (AvgIpc) is 3.22. The molecule has 0 aliphatic heterocycles.